The Bertz CT molecular complexity index is 468. The molecule has 0 radical (unpaired) electrons. The van der Waals surface area contributed by atoms with Crippen molar-refractivity contribution < 1.29 is 0 Å². The van der Waals surface area contributed by atoms with E-state index in [4.69, 9.17) is 0 Å². The SMILES string of the molecule is Cc1cc(NCCn2cccn2)cc(C)c1Br. The summed E-state index contributed by atoms with van der Waals surface area (Å²) in [6, 6.07) is 6.24. The van der Waals surface area contributed by atoms with Gasteiger partial charge >= 0.3 is 0 Å². The fourth-order valence-corrected chi connectivity index (χ4v) is 2.02. The number of aryl methyl sites for hydroxylation is 2. The van der Waals surface area contributed by atoms with Gasteiger partial charge in [-0.3, -0.25) is 4.68 Å². The summed E-state index contributed by atoms with van der Waals surface area (Å²) >= 11 is 3.57. The summed E-state index contributed by atoms with van der Waals surface area (Å²) in [6.07, 6.45) is 3.77. The Morgan fingerprint density at radius 3 is 2.59 bits per heavy atom. The first-order valence-electron chi connectivity index (χ1n) is 5.65. The van der Waals surface area contributed by atoms with Gasteiger partial charge in [-0.25, -0.2) is 0 Å². The van der Waals surface area contributed by atoms with E-state index in [2.05, 4.69) is 52.3 Å². The molecule has 4 heteroatoms. The van der Waals surface area contributed by atoms with Gasteiger partial charge in [0.1, 0.15) is 0 Å². The molecule has 1 N–H and O–H groups in total. The molecule has 0 unspecified atom stereocenters. The molecule has 2 aromatic rings. The number of benzene rings is 1. The van der Waals surface area contributed by atoms with Crippen LogP contribution in [0.15, 0.2) is 35.1 Å². The molecule has 0 spiro atoms. The minimum Gasteiger partial charge on any atom is -0.383 e. The first-order chi connectivity index (χ1) is 8.16. The molecule has 17 heavy (non-hydrogen) atoms. The van der Waals surface area contributed by atoms with Gasteiger partial charge in [0, 0.05) is 29.1 Å². The number of aromatic nitrogens is 2. The summed E-state index contributed by atoms with van der Waals surface area (Å²) in [4.78, 5) is 0. The maximum atomic E-state index is 4.17. The van der Waals surface area contributed by atoms with E-state index in [0.29, 0.717) is 0 Å². The summed E-state index contributed by atoms with van der Waals surface area (Å²) < 4.78 is 3.11. The second kappa shape index (κ2) is 5.36. The highest BCUT2D eigenvalue weighted by Crippen LogP contribution is 2.24. The zero-order valence-electron chi connectivity index (χ0n) is 10.1. The van der Waals surface area contributed by atoms with E-state index < -0.39 is 0 Å². The van der Waals surface area contributed by atoms with Crippen molar-refractivity contribution in [1.29, 1.82) is 0 Å². The van der Waals surface area contributed by atoms with E-state index in [1.807, 2.05) is 16.9 Å². The number of nitrogens with zero attached hydrogens (tertiary/aromatic N) is 2. The van der Waals surface area contributed by atoms with Gasteiger partial charge in [0.05, 0.1) is 6.54 Å². The zero-order chi connectivity index (χ0) is 12.3. The highest BCUT2D eigenvalue weighted by molar-refractivity contribution is 9.10. The predicted octanol–water partition coefficient (Wildman–Crippen LogP) is 3.37. The first kappa shape index (κ1) is 12.2. The number of rotatable bonds is 4. The van der Waals surface area contributed by atoms with Crippen molar-refractivity contribution in [3.63, 3.8) is 0 Å². The van der Waals surface area contributed by atoms with Crippen LogP contribution in [0, 0.1) is 13.8 Å². The van der Waals surface area contributed by atoms with Crippen LogP contribution in [-0.2, 0) is 6.54 Å². The second-order valence-corrected chi connectivity index (χ2v) is 4.91. The first-order valence-corrected chi connectivity index (χ1v) is 6.44. The molecule has 1 aromatic heterocycles. The van der Waals surface area contributed by atoms with Crippen LogP contribution in [0.3, 0.4) is 0 Å². The Morgan fingerprint density at radius 2 is 2.00 bits per heavy atom. The third-order valence-electron chi connectivity index (χ3n) is 2.67. The summed E-state index contributed by atoms with van der Waals surface area (Å²) in [6.45, 7) is 5.97. The van der Waals surface area contributed by atoms with E-state index in [9.17, 15) is 0 Å². The molecule has 0 fully saturated rings. The van der Waals surface area contributed by atoms with Gasteiger partial charge in [-0.05, 0) is 43.2 Å². The molecule has 1 heterocycles. The lowest BCUT2D eigenvalue weighted by atomic mass is 10.1. The Morgan fingerprint density at radius 1 is 1.29 bits per heavy atom. The Hall–Kier alpha value is -1.29. The fourth-order valence-electron chi connectivity index (χ4n) is 1.80. The summed E-state index contributed by atoms with van der Waals surface area (Å²) in [7, 11) is 0. The van der Waals surface area contributed by atoms with Crippen molar-refractivity contribution in [2.45, 2.75) is 20.4 Å². The van der Waals surface area contributed by atoms with E-state index in [1.165, 1.54) is 15.6 Å². The quantitative estimate of drug-likeness (QED) is 0.937. The van der Waals surface area contributed by atoms with Gasteiger partial charge in [0.2, 0.25) is 0 Å². The molecule has 2 rings (SSSR count). The topological polar surface area (TPSA) is 29.9 Å². The Balaban J connectivity index is 1.95. The van der Waals surface area contributed by atoms with Crippen LogP contribution in [0.1, 0.15) is 11.1 Å². The molecule has 0 atom stereocenters. The van der Waals surface area contributed by atoms with Gasteiger partial charge in [0.25, 0.3) is 0 Å². The van der Waals surface area contributed by atoms with Crippen LogP contribution in [0.4, 0.5) is 5.69 Å². The average Bonchev–Trinajstić information content (AvgIpc) is 2.79. The van der Waals surface area contributed by atoms with Crippen molar-refractivity contribution in [2.24, 2.45) is 0 Å². The van der Waals surface area contributed by atoms with E-state index >= 15 is 0 Å². The molecule has 1 aromatic carbocycles. The van der Waals surface area contributed by atoms with Crippen molar-refractivity contribution >= 4 is 21.6 Å². The lowest BCUT2D eigenvalue weighted by Gasteiger charge is -2.10. The van der Waals surface area contributed by atoms with E-state index in [0.717, 1.165) is 18.8 Å². The molecule has 90 valence electrons. The zero-order valence-corrected chi connectivity index (χ0v) is 11.7. The third kappa shape index (κ3) is 3.09. The molecule has 0 aliphatic rings. The summed E-state index contributed by atoms with van der Waals surface area (Å²) in [5, 5.41) is 7.58. The molecule has 0 aliphatic carbocycles. The highest BCUT2D eigenvalue weighted by Gasteiger charge is 2.01. The van der Waals surface area contributed by atoms with Crippen molar-refractivity contribution in [2.75, 3.05) is 11.9 Å². The standard InChI is InChI=1S/C13H16BrN3/c1-10-8-12(9-11(2)13(10)14)15-5-7-17-6-3-4-16-17/h3-4,6,8-9,15H,5,7H2,1-2H3. The maximum Gasteiger partial charge on any atom is 0.0582 e. The van der Waals surface area contributed by atoms with Crippen LogP contribution in [-0.4, -0.2) is 16.3 Å². The third-order valence-corrected chi connectivity index (χ3v) is 3.92. The summed E-state index contributed by atoms with van der Waals surface area (Å²) in [5.74, 6) is 0. The number of halogens is 1. The lowest BCUT2D eigenvalue weighted by molar-refractivity contribution is 0.638. The molecule has 0 bridgehead atoms. The smallest absolute Gasteiger partial charge is 0.0582 e. The molecule has 0 saturated carbocycles. The van der Waals surface area contributed by atoms with Gasteiger partial charge in [-0.2, -0.15) is 5.10 Å². The van der Waals surface area contributed by atoms with E-state index in [-0.39, 0.29) is 0 Å². The molecule has 0 amide bonds. The van der Waals surface area contributed by atoms with Gasteiger partial charge in [-0.1, -0.05) is 15.9 Å². The van der Waals surface area contributed by atoms with Gasteiger partial charge in [-0.15, -0.1) is 0 Å². The summed E-state index contributed by atoms with van der Waals surface area (Å²) in [5.41, 5.74) is 3.67. The molecule has 3 nitrogen and oxygen atoms in total. The molecular formula is C13H16BrN3. The van der Waals surface area contributed by atoms with Crippen LogP contribution >= 0.6 is 15.9 Å². The number of hydrogen-bond donors (Lipinski definition) is 1. The molecule has 0 aliphatic heterocycles. The number of anilines is 1. The minimum absolute atomic E-state index is 0.876. The molecular weight excluding hydrogens is 278 g/mol. The van der Waals surface area contributed by atoms with Crippen molar-refractivity contribution in [3.05, 3.63) is 46.2 Å². The Kier molecular flexibility index (Phi) is 3.84. The van der Waals surface area contributed by atoms with Crippen LogP contribution in [0.2, 0.25) is 0 Å². The van der Waals surface area contributed by atoms with Crippen molar-refractivity contribution in [3.8, 4) is 0 Å². The average molecular weight is 294 g/mol. The molecule has 0 saturated heterocycles. The Labute approximate surface area is 110 Å². The lowest BCUT2D eigenvalue weighted by Crippen LogP contribution is -2.11. The van der Waals surface area contributed by atoms with Crippen LogP contribution in [0.25, 0.3) is 0 Å². The number of nitrogens with one attached hydrogen (secondary N) is 1. The van der Waals surface area contributed by atoms with Crippen molar-refractivity contribution in [1.82, 2.24) is 9.78 Å². The van der Waals surface area contributed by atoms with Crippen LogP contribution < -0.4 is 5.32 Å². The second-order valence-electron chi connectivity index (χ2n) is 4.12. The monoisotopic (exact) mass is 293 g/mol. The van der Waals surface area contributed by atoms with Gasteiger partial charge < -0.3 is 5.32 Å². The highest BCUT2D eigenvalue weighted by atomic mass is 79.9. The normalized spacial score (nSPS) is 10.5. The van der Waals surface area contributed by atoms with E-state index in [1.54, 1.807) is 6.20 Å². The van der Waals surface area contributed by atoms with Gasteiger partial charge in [0.15, 0.2) is 0 Å². The minimum atomic E-state index is 0.876. The maximum absolute atomic E-state index is 4.17. The van der Waals surface area contributed by atoms with Crippen LogP contribution in [0.5, 0.6) is 0 Å². The number of hydrogen-bond acceptors (Lipinski definition) is 2. The largest absolute Gasteiger partial charge is 0.383 e. The fraction of sp³-hybridized carbons (Fsp3) is 0.308. The predicted molar refractivity (Wildman–Crippen MR) is 74.3 cm³/mol.